The molecule has 1 aliphatic heterocycles. The van der Waals surface area contributed by atoms with Crippen LogP contribution in [0.3, 0.4) is 0 Å². The first-order valence-corrected chi connectivity index (χ1v) is 9.91. The van der Waals surface area contributed by atoms with Crippen molar-refractivity contribution in [3.05, 3.63) is 76.8 Å². The van der Waals surface area contributed by atoms with Crippen LogP contribution < -0.4 is 4.74 Å². The van der Waals surface area contributed by atoms with E-state index in [1.807, 2.05) is 42.5 Å². The van der Waals surface area contributed by atoms with Crippen LogP contribution in [-0.2, 0) is 9.47 Å². The van der Waals surface area contributed by atoms with Gasteiger partial charge in [0.05, 0.1) is 19.8 Å². The molecule has 3 nitrogen and oxygen atoms in total. The van der Waals surface area contributed by atoms with Gasteiger partial charge < -0.3 is 14.2 Å². The van der Waals surface area contributed by atoms with E-state index in [4.69, 9.17) is 25.8 Å². The van der Waals surface area contributed by atoms with Gasteiger partial charge in [0.2, 0.25) is 0 Å². The van der Waals surface area contributed by atoms with Crippen LogP contribution in [0.5, 0.6) is 5.75 Å². The first kappa shape index (κ1) is 19.9. The molecule has 3 rings (SSSR count). The maximum Gasteiger partial charge on any atom is 0.186 e. The molecule has 0 radical (unpaired) electrons. The van der Waals surface area contributed by atoms with Crippen LogP contribution in [-0.4, -0.2) is 13.7 Å². The van der Waals surface area contributed by atoms with Gasteiger partial charge >= 0.3 is 0 Å². The van der Waals surface area contributed by atoms with Gasteiger partial charge in [0.1, 0.15) is 5.75 Å². The molecule has 0 amide bonds. The molecule has 1 saturated heterocycles. The zero-order valence-corrected chi connectivity index (χ0v) is 16.7. The molecule has 2 aromatic carbocycles. The molecule has 0 N–H and O–H groups in total. The predicted octanol–water partition coefficient (Wildman–Crippen LogP) is 6.50. The first-order valence-electron chi connectivity index (χ1n) is 9.54. The first-order chi connectivity index (χ1) is 13.2. The van der Waals surface area contributed by atoms with Crippen molar-refractivity contribution in [2.75, 3.05) is 13.7 Å². The number of unbranched alkanes of at least 4 members (excludes halogenated alkanes) is 1. The molecule has 2 aromatic rings. The fourth-order valence-electron chi connectivity index (χ4n) is 3.39. The molecule has 0 aromatic heterocycles. The van der Waals surface area contributed by atoms with Gasteiger partial charge in [0.15, 0.2) is 6.29 Å². The molecule has 4 heteroatoms. The third-order valence-corrected chi connectivity index (χ3v) is 5.17. The SMILES string of the molecule is CCC/C=C\C[C@@H]1CO[C@H](c2ccccc2Cl)O[C@@H]1c1ccccc1OC. The topological polar surface area (TPSA) is 27.7 Å². The van der Waals surface area contributed by atoms with Crippen LogP contribution in [0.4, 0.5) is 0 Å². The maximum absolute atomic E-state index is 6.43. The monoisotopic (exact) mass is 386 g/mol. The Kier molecular flexibility index (Phi) is 7.33. The van der Waals surface area contributed by atoms with Crippen molar-refractivity contribution in [2.45, 2.75) is 38.6 Å². The Bertz CT molecular complexity index is 759. The molecule has 27 heavy (non-hydrogen) atoms. The summed E-state index contributed by atoms with van der Waals surface area (Å²) in [5.41, 5.74) is 1.91. The van der Waals surface area contributed by atoms with Gasteiger partial charge in [0, 0.05) is 22.1 Å². The Morgan fingerprint density at radius 2 is 1.81 bits per heavy atom. The Morgan fingerprint density at radius 3 is 2.56 bits per heavy atom. The highest BCUT2D eigenvalue weighted by atomic mass is 35.5. The van der Waals surface area contributed by atoms with Crippen molar-refractivity contribution in [1.82, 2.24) is 0 Å². The van der Waals surface area contributed by atoms with Gasteiger partial charge in [-0.05, 0) is 25.0 Å². The number of methoxy groups -OCH3 is 1. The summed E-state index contributed by atoms with van der Waals surface area (Å²) in [5, 5.41) is 0.655. The molecule has 0 aliphatic carbocycles. The van der Waals surface area contributed by atoms with Crippen LogP contribution in [0.25, 0.3) is 0 Å². The summed E-state index contributed by atoms with van der Waals surface area (Å²) in [4.78, 5) is 0. The Hall–Kier alpha value is -1.81. The number of halogens is 1. The quantitative estimate of drug-likeness (QED) is 0.508. The fourth-order valence-corrected chi connectivity index (χ4v) is 3.61. The lowest BCUT2D eigenvalue weighted by Crippen LogP contribution is -2.30. The minimum absolute atomic E-state index is 0.123. The highest BCUT2D eigenvalue weighted by Crippen LogP contribution is 2.43. The number of ether oxygens (including phenoxy) is 3. The van der Waals surface area contributed by atoms with Crippen molar-refractivity contribution in [3.63, 3.8) is 0 Å². The zero-order valence-electron chi connectivity index (χ0n) is 15.9. The van der Waals surface area contributed by atoms with Crippen LogP contribution in [0, 0.1) is 5.92 Å². The number of hydrogen-bond acceptors (Lipinski definition) is 3. The lowest BCUT2D eigenvalue weighted by Gasteiger charge is -2.37. The normalized spacial score (nSPS) is 22.9. The van der Waals surface area contributed by atoms with Crippen LogP contribution in [0.1, 0.15) is 49.7 Å². The van der Waals surface area contributed by atoms with E-state index in [1.165, 1.54) is 0 Å². The predicted molar refractivity (Wildman–Crippen MR) is 109 cm³/mol. The van der Waals surface area contributed by atoms with Crippen molar-refractivity contribution in [1.29, 1.82) is 0 Å². The molecule has 0 spiro atoms. The Morgan fingerprint density at radius 1 is 1.07 bits per heavy atom. The molecule has 0 bridgehead atoms. The molecule has 0 saturated carbocycles. The molecular formula is C23H27ClO3. The molecule has 1 fully saturated rings. The minimum atomic E-state index is -0.482. The highest BCUT2D eigenvalue weighted by molar-refractivity contribution is 6.31. The van der Waals surface area contributed by atoms with Crippen molar-refractivity contribution < 1.29 is 14.2 Å². The fraction of sp³-hybridized carbons (Fsp3) is 0.391. The average Bonchev–Trinajstić information content (AvgIpc) is 2.72. The van der Waals surface area contributed by atoms with Crippen molar-refractivity contribution >= 4 is 11.6 Å². The average molecular weight is 387 g/mol. The molecule has 144 valence electrons. The molecule has 1 heterocycles. The second-order valence-corrected chi connectivity index (χ2v) is 7.15. The lowest BCUT2D eigenvalue weighted by molar-refractivity contribution is -0.244. The van der Waals surface area contributed by atoms with Crippen LogP contribution in [0.15, 0.2) is 60.7 Å². The van der Waals surface area contributed by atoms with E-state index >= 15 is 0 Å². The van der Waals surface area contributed by atoms with E-state index < -0.39 is 6.29 Å². The maximum atomic E-state index is 6.43. The molecule has 0 unspecified atom stereocenters. The van der Waals surface area contributed by atoms with Crippen LogP contribution >= 0.6 is 11.6 Å². The second-order valence-electron chi connectivity index (χ2n) is 6.74. The van der Waals surface area contributed by atoms with E-state index in [9.17, 15) is 0 Å². The standard InChI is InChI=1S/C23H27ClO3/c1-3-4-5-6-11-17-16-26-23(18-12-7-9-14-20(18)24)27-22(17)19-13-8-10-15-21(19)25-2/h5-10,12-15,17,22-23H,3-4,11,16H2,1-2H3/b6-5-/t17-,22+,23+/m1/s1. The largest absolute Gasteiger partial charge is 0.496 e. The van der Waals surface area contributed by atoms with E-state index in [0.29, 0.717) is 11.6 Å². The number of hydrogen-bond donors (Lipinski definition) is 0. The Balaban J connectivity index is 1.87. The molecular weight excluding hydrogens is 360 g/mol. The summed E-state index contributed by atoms with van der Waals surface area (Å²) in [6, 6.07) is 15.7. The summed E-state index contributed by atoms with van der Waals surface area (Å²) in [5.74, 6) is 1.05. The Labute approximate surface area is 166 Å². The lowest BCUT2D eigenvalue weighted by atomic mass is 9.91. The van der Waals surface area contributed by atoms with Crippen molar-refractivity contribution in [2.24, 2.45) is 5.92 Å². The molecule has 3 atom stereocenters. The van der Waals surface area contributed by atoms with Gasteiger partial charge in [-0.3, -0.25) is 0 Å². The molecule has 1 aliphatic rings. The summed E-state index contributed by atoms with van der Waals surface area (Å²) in [6.07, 6.45) is 7.01. The smallest absolute Gasteiger partial charge is 0.186 e. The van der Waals surface area contributed by atoms with Gasteiger partial charge in [0.25, 0.3) is 0 Å². The summed E-state index contributed by atoms with van der Waals surface area (Å²) in [7, 11) is 1.69. The summed E-state index contributed by atoms with van der Waals surface area (Å²) in [6.45, 7) is 2.79. The third kappa shape index (κ3) is 4.92. The van der Waals surface area contributed by atoms with Gasteiger partial charge in [-0.25, -0.2) is 0 Å². The van der Waals surface area contributed by atoms with E-state index in [0.717, 1.165) is 36.1 Å². The summed E-state index contributed by atoms with van der Waals surface area (Å²) >= 11 is 6.37. The third-order valence-electron chi connectivity index (χ3n) is 4.83. The summed E-state index contributed by atoms with van der Waals surface area (Å²) < 4.78 is 18.1. The zero-order chi connectivity index (χ0) is 19.1. The highest BCUT2D eigenvalue weighted by Gasteiger charge is 2.35. The van der Waals surface area contributed by atoms with E-state index in [-0.39, 0.29) is 12.0 Å². The number of allylic oxidation sites excluding steroid dienone is 2. The second kappa shape index (κ2) is 9.93. The number of rotatable bonds is 7. The van der Waals surface area contributed by atoms with Crippen molar-refractivity contribution in [3.8, 4) is 5.75 Å². The van der Waals surface area contributed by atoms with Crippen LogP contribution in [0.2, 0.25) is 5.02 Å². The van der Waals surface area contributed by atoms with Gasteiger partial charge in [-0.1, -0.05) is 73.5 Å². The number of para-hydroxylation sites is 1. The van der Waals surface area contributed by atoms with Gasteiger partial charge in [-0.15, -0.1) is 0 Å². The number of benzene rings is 2. The minimum Gasteiger partial charge on any atom is -0.496 e. The van der Waals surface area contributed by atoms with Gasteiger partial charge in [-0.2, -0.15) is 0 Å². The van der Waals surface area contributed by atoms with E-state index in [1.54, 1.807) is 7.11 Å². The van der Waals surface area contributed by atoms with E-state index in [2.05, 4.69) is 25.1 Å².